The Kier molecular flexibility index (Phi) is 5.80. The molecule has 0 aliphatic heterocycles. The molecular formula is C19H28N2O2. The molecule has 0 N–H and O–H groups in total. The summed E-state index contributed by atoms with van der Waals surface area (Å²) < 4.78 is 0. The van der Waals surface area contributed by atoms with Gasteiger partial charge < -0.3 is 9.80 Å². The molecule has 0 unspecified atom stereocenters. The van der Waals surface area contributed by atoms with Crippen LogP contribution in [0.1, 0.15) is 46.5 Å². The number of hydrogen-bond donors (Lipinski definition) is 0. The third-order valence-corrected chi connectivity index (χ3v) is 4.47. The maximum atomic E-state index is 13.1. The summed E-state index contributed by atoms with van der Waals surface area (Å²) in [6.45, 7) is 8.15. The molecular weight excluding hydrogens is 288 g/mol. The quantitative estimate of drug-likeness (QED) is 0.689. The number of para-hydroxylation sites is 1. The lowest BCUT2D eigenvalue weighted by molar-refractivity contribution is -0.143. The lowest BCUT2D eigenvalue weighted by Gasteiger charge is -2.30. The molecule has 23 heavy (non-hydrogen) atoms. The molecule has 2 amide bonds. The number of rotatable bonds is 8. The average molecular weight is 316 g/mol. The van der Waals surface area contributed by atoms with Gasteiger partial charge in [-0.15, -0.1) is 0 Å². The molecule has 1 aromatic rings. The standard InChI is InChI=1S/C19H28N2O2/c1-4-14-20(15-5-2)17(22)19(12-13-19)18(23)21(6-3)16-10-8-7-9-11-16/h7-11H,4-6,12-15H2,1-3H3. The van der Waals surface area contributed by atoms with Crippen LogP contribution in [0, 0.1) is 5.41 Å². The largest absolute Gasteiger partial charge is 0.342 e. The summed E-state index contributed by atoms with van der Waals surface area (Å²) >= 11 is 0. The number of anilines is 1. The van der Waals surface area contributed by atoms with Crippen molar-refractivity contribution in [1.82, 2.24) is 4.90 Å². The highest BCUT2D eigenvalue weighted by Gasteiger charge is 2.59. The Bertz CT molecular complexity index is 532. The van der Waals surface area contributed by atoms with Gasteiger partial charge in [0.2, 0.25) is 11.8 Å². The molecule has 2 rings (SSSR count). The number of carbonyl (C=O) groups excluding carboxylic acids is 2. The van der Waals surface area contributed by atoms with Gasteiger partial charge in [0.1, 0.15) is 5.41 Å². The first-order valence-electron chi connectivity index (χ1n) is 8.77. The van der Waals surface area contributed by atoms with Crippen LogP contribution in [-0.4, -0.2) is 36.3 Å². The zero-order valence-corrected chi connectivity index (χ0v) is 14.5. The van der Waals surface area contributed by atoms with Crippen LogP contribution >= 0.6 is 0 Å². The summed E-state index contributed by atoms with van der Waals surface area (Å²) in [6.07, 6.45) is 3.20. The highest BCUT2D eigenvalue weighted by molar-refractivity contribution is 6.14. The third kappa shape index (κ3) is 3.57. The van der Waals surface area contributed by atoms with Gasteiger partial charge in [-0.1, -0.05) is 32.0 Å². The number of hydrogen-bond acceptors (Lipinski definition) is 2. The Morgan fingerprint density at radius 1 is 0.957 bits per heavy atom. The van der Waals surface area contributed by atoms with E-state index in [0.717, 1.165) is 31.6 Å². The van der Waals surface area contributed by atoms with E-state index in [-0.39, 0.29) is 11.8 Å². The van der Waals surface area contributed by atoms with Gasteiger partial charge in [-0.3, -0.25) is 9.59 Å². The number of amides is 2. The lowest BCUT2D eigenvalue weighted by atomic mass is 10.0. The maximum Gasteiger partial charge on any atom is 0.242 e. The number of benzene rings is 1. The van der Waals surface area contributed by atoms with Crippen molar-refractivity contribution in [3.05, 3.63) is 30.3 Å². The molecule has 1 fully saturated rings. The van der Waals surface area contributed by atoms with Crippen LogP contribution < -0.4 is 4.90 Å². The van der Waals surface area contributed by atoms with E-state index in [9.17, 15) is 9.59 Å². The summed E-state index contributed by atoms with van der Waals surface area (Å²) in [6, 6.07) is 9.64. The highest BCUT2D eigenvalue weighted by Crippen LogP contribution is 2.49. The Morgan fingerprint density at radius 2 is 1.52 bits per heavy atom. The molecule has 0 bridgehead atoms. The number of carbonyl (C=O) groups is 2. The first-order valence-corrected chi connectivity index (χ1v) is 8.77. The second kappa shape index (κ2) is 7.62. The van der Waals surface area contributed by atoms with E-state index < -0.39 is 5.41 Å². The van der Waals surface area contributed by atoms with Gasteiger partial charge in [-0.25, -0.2) is 0 Å². The topological polar surface area (TPSA) is 40.6 Å². The van der Waals surface area contributed by atoms with Crippen molar-refractivity contribution < 1.29 is 9.59 Å². The Hall–Kier alpha value is -1.84. The Morgan fingerprint density at radius 3 is 1.96 bits per heavy atom. The predicted molar refractivity (Wildman–Crippen MR) is 93.3 cm³/mol. The van der Waals surface area contributed by atoms with Gasteiger partial charge in [0, 0.05) is 25.3 Å². The van der Waals surface area contributed by atoms with Crippen LogP contribution in [0.5, 0.6) is 0 Å². The molecule has 0 saturated heterocycles. The van der Waals surface area contributed by atoms with Crippen molar-refractivity contribution in [2.24, 2.45) is 5.41 Å². The van der Waals surface area contributed by atoms with Gasteiger partial charge in [0.05, 0.1) is 0 Å². The smallest absolute Gasteiger partial charge is 0.242 e. The van der Waals surface area contributed by atoms with Gasteiger partial charge in [0.25, 0.3) is 0 Å². The second-order valence-corrected chi connectivity index (χ2v) is 6.26. The molecule has 4 heteroatoms. The van der Waals surface area contributed by atoms with Crippen molar-refractivity contribution in [3.8, 4) is 0 Å². The average Bonchev–Trinajstić information content (AvgIpc) is 3.37. The molecule has 0 atom stereocenters. The zero-order valence-electron chi connectivity index (χ0n) is 14.5. The molecule has 0 radical (unpaired) electrons. The summed E-state index contributed by atoms with van der Waals surface area (Å²) in [5, 5.41) is 0. The maximum absolute atomic E-state index is 13.1. The van der Waals surface area contributed by atoms with E-state index in [4.69, 9.17) is 0 Å². The molecule has 1 aromatic carbocycles. The fourth-order valence-corrected chi connectivity index (χ4v) is 3.11. The van der Waals surface area contributed by atoms with Crippen LogP contribution in [-0.2, 0) is 9.59 Å². The molecule has 0 spiro atoms. The van der Waals surface area contributed by atoms with Crippen LogP contribution in [0.2, 0.25) is 0 Å². The molecule has 1 aliphatic carbocycles. The van der Waals surface area contributed by atoms with E-state index >= 15 is 0 Å². The van der Waals surface area contributed by atoms with E-state index in [0.29, 0.717) is 19.4 Å². The van der Waals surface area contributed by atoms with Gasteiger partial charge in [-0.2, -0.15) is 0 Å². The summed E-state index contributed by atoms with van der Waals surface area (Å²) in [7, 11) is 0. The van der Waals surface area contributed by atoms with Crippen LogP contribution in [0.3, 0.4) is 0 Å². The lowest BCUT2D eigenvalue weighted by Crippen LogP contribution is -2.47. The minimum Gasteiger partial charge on any atom is -0.342 e. The van der Waals surface area contributed by atoms with Crippen molar-refractivity contribution >= 4 is 17.5 Å². The van der Waals surface area contributed by atoms with Gasteiger partial charge in [-0.05, 0) is 44.7 Å². The zero-order chi connectivity index (χ0) is 16.9. The first-order chi connectivity index (χ1) is 11.1. The molecule has 126 valence electrons. The van der Waals surface area contributed by atoms with Crippen molar-refractivity contribution in [2.75, 3.05) is 24.5 Å². The fraction of sp³-hybridized carbons (Fsp3) is 0.579. The minimum absolute atomic E-state index is 0.0283. The molecule has 1 aliphatic rings. The van der Waals surface area contributed by atoms with Gasteiger partial charge in [0.15, 0.2) is 0 Å². The van der Waals surface area contributed by atoms with E-state index in [1.54, 1.807) is 4.90 Å². The first kappa shape index (κ1) is 17.5. The van der Waals surface area contributed by atoms with Crippen LogP contribution in [0.15, 0.2) is 30.3 Å². The van der Waals surface area contributed by atoms with Gasteiger partial charge >= 0.3 is 0 Å². The predicted octanol–water partition coefficient (Wildman–Crippen LogP) is 3.47. The molecule has 0 heterocycles. The number of nitrogens with zero attached hydrogens (tertiary/aromatic N) is 2. The van der Waals surface area contributed by atoms with Crippen molar-refractivity contribution in [2.45, 2.75) is 46.5 Å². The minimum atomic E-state index is -0.809. The summed E-state index contributed by atoms with van der Waals surface area (Å²) in [5.41, 5.74) is 0.0625. The monoisotopic (exact) mass is 316 g/mol. The van der Waals surface area contributed by atoms with Crippen molar-refractivity contribution in [1.29, 1.82) is 0 Å². The Balaban J connectivity index is 2.21. The molecule has 4 nitrogen and oxygen atoms in total. The summed E-state index contributed by atoms with van der Waals surface area (Å²) in [4.78, 5) is 29.7. The highest BCUT2D eigenvalue weighted by atomic mass is 16.2. The third-order valence-electron chi connectivity index (χ3n) is 4.47. The molecule has 0 aromatic heterocycles. The fourth-order valence-electron chi connectivity index (χ4n) is 3.11. The SMILES string of the molecule is CCCN(CCC)C(=O)C1(C(=O)N(CC)c2ccccc2)CC1. The van der Waals surface area contributed by atoms with Crippen LogP contribution in [0.4, 0.5) is 5.69 Å². The van der Waals surface area contributed by atoms with Crippen LogP contribution in [0.25, 0.3) is 0 Å². The normalized spacial score (nSPS) is 15.1. The summed E-state index contributed by atoms with van der Waals surface area (Å²) in [5.74, 6) is -0.00557. The van der Waals surface area contributed by atoms with E-state index in [2.05, 4.69) is 13.8 Å². The molecule has 1 saturated carbocycles. The van der Waals surface area contributed by atoms with E-state index in [1.807, 2.05) is 42.2 Å². The Labute approximate surface area is 139 Å². The van der Waals surface area contributed by atoms with Crippen molar-refractivity contribution in [3.63, 3.8) is 0 Å². The van der Waals surface area contributed by atoms with E-state index in [1.165, 1.54) is 0 Å². The second-order valence-electron chi connectivity index (χ2n) is 6.26.